The lowest BCUT2D eigenvalue weighted by Crippen LogP contribution is -2.16. The number of carbonyl (C=O) groups is 1. The Balaban J connectivity index is 1.37. The summed E-state index contributed by atoms with van der Waals surface area (Å²) >= 11 is 1.22. The van der Waals surface area contributed by atoms with E-state index in [0.29, 0.717) is 22.6 Å². The highest BCUT2D eigenvalue weighted by Gasteiger charge is 2.16. The third kappa shape index (κ3) is 5.25. The first kappa shape index (κ1) is 22.6. The van der Waals surface area contributed by atoms with E-state index in [1.165, 1.54) is 27.6 Å². The number of nitrogens with one attached hydrogen (secondary N) is 2. The van der Waals surface area contributed by atoms with Crippen LogP contribution in [-0.2, 0) is 4.79 Å². The van der Waals surface area contributed by atoms with Crippen molar-refractivity contribution in [2.75, 3.05) is 16.9 Å². The number of aryl methyl sites for hydroxylation is 1. The van der Waals surface area contributed by atoms with Crippen LogP contribution < -0.4 is 11.2 Å². The van der Waals surface area contributed by atoms with Crippen molar-refractivity contribution in [1.82, 2.24) is 25.1 Å². The average Bonchev–Trinajstić information content (AvgIpc) is 3.45. The number of hydrogen-bond acceptors (Lipinski definition) is 6. The van der Waals surface area contributed by atoms with Crippen LogP contribution >= 0.6 is 11.8 Å². The lowest BCUT2D eigenvalue weighted by atomic mass is 9.99. The Kier molecular flexibility index (Phi) is 6.79. The molecule has 170 valence electrons. The molecule has 0 bridgehead atoms. The largest absolute Gasteiger partial charge is 0.335 e. The Morgan fingerprint density at radius 2 is 1.88 bits per heavy atom. The number of amides is 1. The van der Waals surface area contributed by atoms with Gasteiger partial charge in [-0.3, -0.25) is 9.89 Å². The molecule has 0 saturated carbocycles. The molecule has 0 aliphatic carbocycles. The Morgan fingerprint density at radius 3 is 2.58 bits per heavy atom. The fourth-order valence-corrected chi connectivity index (χ4v) is 3.98. The number of carbonyl (C=O) groups excluding carboxylic acids is 1. The summed E-state index contributed by atoms with van der Waals surface area (Å²) in [4.78, 5) is 12.4. The Bertz CT molecular complexity index is 1230. The maximum absolute atomic E-state index is 12.4. The van der Waals surface area contributed by atoms with Gasteiger partial charge in [0.15, 0.2) is 0 Å². The molecule has 1 atom stereocenters. The second kappa shape index (κ2) is 9.91. The molecule has 0 radical (unpaired) electrons. The van der Waals surface area contributed by atoms with Crippen molar-refractivity contribution in [1.29, 1.82) is 0 Å². The third-order valence-electron chi connectivity index (χ3n) is 5.54. The number of aromatic nitrogens is 5. The lowest BCUT2D eigenvalue weighted by molar-refractivity contribution is -0.113. The van der Waals surface area contributed by atoms with Crippen LogP contribution in [0.15, 0.2) is 59.8 Å². The van der Waals surface area contributed by atoms with Gasteiger partial charge in [-0.1, -0.05) is 67.6 Å². The van der Waals surface area contributed by atoms with Crippen molar-refractivity contribution in [2.45, 2.75) is 38.3 Å². The van der Waals surface area contributed by atoms with Crippen molar-refractivity contribution < 1.29 is 4.79 Å². The summed E-state index contributed by atoms with van der Waals surface area (Å²) in [5.41, 5.74) is 5.65. The van der Waals surface area contributed by atoms with Crippen LogP contribution in [0.2, 0.25) is 0 Å². The zero-order valence-corrected chi connectivity index (χ0v) is 19.7. The topological polar surface area (TPSA) is 115 Å². The number of anilines is 1. The van der Waals surface area contributed by atoms with E-state index in [-0.39, 0.29) is 11.7 Å². The Labute approximate surface area is 197 Å². The quantitative estimate of drug-likeness (QED) is 0.261. The van der Waals surface area contributed by atoms with Gasteiger partial charge in [0.05, 0.1) is 11.4 Å². The molecule has 8 nitrogen and oxygen atoms in total. The van der Waals surface area contributed by atoms with E-state index in [1.54, 1.807) is 0 Å². The Hall–Kier alpha value is -3.59. The molecule has 33 heavy (non-hydrogen) atoms. The number of H-pyrrole nitrogens is 1. The molecule has 0 aliphatic rings. The van der Waals surface area contributed by atoms with Crippen molar-refractivity contribution in [2.24, 2.45) is 0 Å². The number of aromatic amines is 1. The smallest absolute Gasteiger partial charge is 0.234 e. The zero-order valence-electron chi connectivity index (χ0n) is 18.9. The minimum absolute atomic E-state index is 0.135. The summed E-state index contributed by atoms with van der Waals surface area (Å²) in [5, 5.41) is 19.0. The van der Waals surface area contributed by atoms with Gasteiger partial charge in [0.2, 0.25) is 16.9 Å². The molecule has 0 spiro atoms. The van der Waals surface area contributed by atoms with Crippen LogP contribution in [0.3, 0.4) is 0 Å². The van der Waals surface area contributed by atoms with E-state index in [2.05, 4.69) is 51.7 Å². The van der Waals surface area contributed by atoms with Gasteiger partial charge in [0, 0.05) is 11.3 Å². The minimum atomic E-state index is -0.135. The van der Waals surface area contributed by atoms with Gasteiger partial charge >= 0.3 is 0 Å². The molecule has 1 amide bonds. The first-order valence-corrected chi connectivity index (χ1v) is 11.8. The van der Waals surface area contributed by atoms with Gasteiger partial charge in [0.1, 0.15) is 5.69 Å². The zero-order chi connectivity index (χ0) is 23.4. The van der Waals surface area contributed by atoms with E-state index in [9.17, 15) is 4.79 Å². The highest BCUT2D eigenvalue weighted by molar-refractivity contribution is 7.99. The van der Waals surface area contributed by atoms with Gasteiger partial charge in [0.25, 0.3) is 0 Å². The van der Waals surface area contributed by atoms with E-state index in [0.717, 1.165) is 23.4 Å². The molecule has 0 saturated heterocycles. The van der Waals surface area contributed by atoms with Crippen molar-refractivity contribution in [3.63, 3.8) is 0 Å². The van der Waals surface area contributed by atoms with E-state index >= 15 is 0 Å². The number of nitrogen functional groups attached to an aromatic ring is 1. The SMILES string of the molecule is CC[C@H](C)c1ccc(NC(=O)CSc2nnc(-c3cc(-c4ccc(C)cc4)n[nH]3)n2N)cc1. The molecule has 2 aromatic carbocycles. The van der Waals surface area contributed by atoms with Crippen LogP contribution in [0.25, 0.3) is 22.8 Å². The summed E-state index contributed by atoms with van der Waals surface area (Å²) in [5.74, 6) is 7.17. The van der Waals surface area contributed by atoms with Gasteiger partial charge in [-0.15, -0.1) is 10.2 Å². The van der Waals surface area contributed by atoms with Crippen LogP contribution in [0.1, 0.15) is 37.3 Å². The molecule has 2 aromatic heterocycles. The van der Waals surface area contributed by atoms with Gasteiger partial charge in [-0.05, 0) is 43.0 Å². The predicted molar refractivity (Wildman–Crippen MR) is 132 cm³/mol. The molecule has 4 N–H and O–H groups in total. The molecular formula is C24H27N7OS. The highest BCUT2D eigenvalue weighted by atomic mass is 32.2. The van der Waals surface area contributed by atoms with Gasteiger partial charge < -0.3 is 11.2 Å². The number of nitrogens with zero attached hydrogens (tertiary/aromatic N) is 4. The number of hydrogen-bond donors (Lipinski definition) is 3. The number of nitrogens with two attached hydrogens (primary N) is 1. The second-order valence-electron chi connectivity index (χ2n) is 7.98. The van der Waals surface area contributed by atoms with E-state index in [1.807, 2.05) is 49.4 Å². The molecule has 0 aliphatic heterocycles. The summed E-state index contributed by atoms with van der Waals surface area (Å²) in [6.07, 6.45) is 1.08. The summed E-state index contributed by atoms with van der Waals surface area (Å²) < 4.78 is 1.37. The second-order valence-corrected chi connectivity index (χ2v) is 8.92. The van der Waals surface area contributed by atoms with Gasteiger partial charge in [-0.25, -0.2) is 4.68 Å². The summed E-state index contributed by atoms with van der Waals surface area (Å²) in [6.45, 7) is 6.39. The van der Waals surface area contributed by atoms with E-state index < -0.39 is 0 Å². The third-order valence-corrected chi connectivity index (χ3v) is 6.48. The summed E-state index contributed by atoms with van der Waals surface area (Å²) in [6, 6.07) is 17.9. The minimum Gasteiger partial charge on any atom is -0.335 e. The molecule has 4 rings (SSSR count). The van der Waals surface area contributed by atoms with Crippen molar-refractivity contribution in [3.05, 3.63) is 65.7 Å². The highest BCUT2D eigenvalue weighted by Crippen LogP contribution is 2.25. The van der Waals surface area contributed by atoms with Crippen molar-refractivity contribution >= 4 is 23.4 Å². The predicted octanol–water partition coefficient (Wildman–Crippen LogP) is 4.60. The maximum atomic E-state index is 12.4. The number of thioether (sulfide) groups is 1. The van der Waals surface area contributed by atoms with E-state index in [4.69, 9.17) is 5.84 Å². The standard InChI is InChI=1S/C24H27N7OS/c1-4-16(3)17-9-11-19(12-10-17)26-22(32)14-33-24-30-29-23(31(24)25)21-13-20(27-28-21)18-7-5-15(2)6-8-18/h5-13,16H,4,14,25H2,1-3H3,(H,26,32)(H,27,28)/t16-/m0/s1. The molecule has 0 fully saturated rings. The van der Waals surface area contributed by atoms with Crippen LogP contribution in [0.4, 0.5) is 5.69 Å². The first-order valence-electron chi connectivity index (χ1n) is 10.8. The monoisotopic (exact) mass is 461 g/mol. The van der Waals surface area contributed by atoms with Crippen LogP contribution in [0.5, 0.6) is 0 Å². The molecular weight excluding hydrogens is 434 g/mol. The number of benzene rings is 2. The van der Waals surface area contributed by atoms with Gasteiger partial charge in [-0.2, -0.15) is 5.10 Å². The van der Waals surface area contributed by atoms with Crippen molar-refractivity contribution in [3.8, 4) is 22.8 Å². The maximum Gasteiger partial charge on any atom is 0.234 e. The number of rotatable bonds is 8. The molecule has 2 heterocycles. The van der Waals surface area contributed by atoms with Crippen LogP contribution in [-0.4, -0.2) is 36.7 Å². The average molecular weight is 462 g/mol. The molecule has 9 heteroatoms. The molecule has 0 unspecified atom stereocenters. The molecule has 4 aromatic rings. The Morgan fingerprint density at radius 1 is 1.15 bits per heavy atom. The first-order chi connectivity index (χ1) is 15.9. The lowest BCUT2D eigenvalue weighted by Gasteiger charge is -2.10. The summed E-state index contributed by atoms with van der Waals surface area (Å²) in [7, 11) is 0. The normalized spacial score (nSPS) is 12.0. The fraction of sp³-hybridized carbons (Fsp3) is 0.250. The van der Waals surface area contributed by atoms with Crippen LogP contribution in [0, 0.1) is 6.92 Å². The fourth-order valence-electron chi connectivity index (χ4n) is 3.33.